The van der Waals surface area contributed by atoms with Crippen LogP contribution >= 0.6 is 0 Å². The van der Waals surface area contributed by atoms with Crippen LogP contribution in [0.2, 0.25) is 0 Å². The molecule has 0 aromatic rings. The second-order valence-corrected chi connectivity index (χ2v) is 7.16. The van der Waals surface area contributed by atoms with Crippen LogP contribution in [-0.2, 0) is 0 Å². The van der Waals surface area contributed by atoms with Gasteiger partial charge in [-0.25, -0.2) is 0 Å². The molecule has 0 bridgehead atoms. The van der Waals surface area contributed by atoms with Gasteiger partial charge >= 0.3 is 0 Å². The van der Waals surface area contributed by atoms with Crippen molar-refractivity contribution in [3.05, 3.63) is 0 Å². The van der Waals surface area contributed by atoms with E-state index in [0.29, 0.717) is 18.1 Å². The highest BCUT2D eigenvalue weighted by atomic mass is 16.3. The summed E-state index contributed by atoms with van der Waals surface area (Å²) in [5.41, 5.74) is 0.507. The highest BCUT2D eigenvalue weighted by Gasteiger charge is 2.38. The zero-order valence-corrected chi connectivity index (χ0v) is 12.2. The molecule has 1 atom stereocenters. The van der Waals surface area contributed by atoms with E-state index in [1.54, 1.807) is 0 Å². The Bertz CT molecular complexity index is 284. The number of likely N-dealkylation sites (tertiary alicyclic amines) is 1. The topological polar surface area (TPSA) is 35.5 Å². The van der Waals surface area contributed by atoms with Crippen LogP contribution in [0.3, 0.4) is 0 Å². The predicted molar refractivity (Wildman–Crippen MR) is 78.2 cm³/mol. The van der Waals surface area contributed by atoms with Crippen LogP contribution in [0.1, 0.15) is 57.8 Å². The van der Waals surface area contributed by atoms with Crippen molar-refractivity contribution in [1.82, 2.24) is 10.2 Å². The van der Waals surface area contributed by atoms with Crippen molar-refractivity contribution < 1.29 is 5.11 Å². The predicted octanol–water partition coefficient (Wildman–Crippen LogP) is 2.15. The summed E-state index contributed by atoms with van der Waals surface area (Å²) in [4.78, 5) is 2.60. The second kappa shape index (κ2) is 6.11. The molecule has 19 heavy (non-hydrogen) atoms. The first kappa shape index (κ1) is 13.8. The minimum atomic E-state index is 0.353. The number of piperidine rings is 1. The summed E-state index contributed by atoms with van der Waals surface area (Å²) in [7, 11) is 0. The smallest absolute Gasteiger partial charge is 0.0586 e. The molecule has 2 saturated carbocycles. The summed E-state index contributed by atoms with van der Waals surface area (Å²) in [5.74, 6) is 0. The molecule has 1 saturated heterocycles. The van der Waals surface area contributed by atoms with Gasteiger partial charge in [-0.1, -0.05) is 19.3 Å². The van der Waals surface area contributed by atoms with Gasteiger partial charge in [-0.05, 0) is 50.5 Å². The van der Waals surface area contributed by atoms with E-state index in [0.717, 1.165) is 6.04 Å². The van der Waals surface area contributed by atoms with Crippen molar-refractivity contribution in [3.63, 3.8) is 0 Å². The average Bonchev–Trinajstić information content (AvgIpc) is 3.17. The molecule has 110 valence electrons. The lowest BCUT2D eigenvalue weighted by atomic mass is 9.84. The Hall–Kier alpha value is -0.120. The molecule has 3 rings (SSSR count). The van der Waals surface area contributed by atoms with Gasteiger partial charge in [0.1, 0.15) is 0 Å². The molecule has 1 aliphatic heterocycles. The fourth-order valence-electron chi connectivity index (χ4n) is 4.07. The van der Waals surface area contributed by atoms with Gasteiger partial charge in [0, 0.05) is 25.2 Å². The van der Waals surface area contributed by atoms with Gasteiger partial charge in [-0.2, -0.15) is 0 Å². The zero-order chi connectivity index (χ0) is 13.1. The van der Waals surface area contributed by atoms with Gasteiger partial charge < -0.3 is 10.4 Å². The summed E-state index contributed by atoms with van der Waals surface area (Å²) in [6, 6.07) is 1.26. The summed E-state index contributed by atoms with van der Waals surface area (Å²) in [5, 5.41) is 13.4. The first-order chi connectivity index (χ1) is 9.31. The number of hydrogen-bond donors (Lipinski definition) is 2. The molecule has 3 fully saturated rings. The van der Waals surface area contributed by atoms with Crippen LogP contribution in [0, 0.1) is 5.41 Å². The van der Waals surface area contributed by atoms with E-state index in [1.807, 2.05) is 0 Å². The van der Waals surface area contributed by atoms with Gasteiger partial charge in [0.05, 0.1) is 6.61 Å². The SMILES string of the molecule is OCC1CCCCN1CC1(CNC2CC2)CCCC1. The zero-order valence-electron chi connectivity index (χ0n) is 12.2. The van der Waals surface area contributed by atoms with E-state index in [2.05, 4.69) is 10.2 Å². The first-order valence-electron chi connectivity index (χ1n) is 8.40. The van der Waals surface area contributed by atoms with Crippen LogP contribution in [-0.4, -0.2) is 48.3 Å². The van der Waals surface area contributed by atoms with Crippen molar-refractivity contribution in [3.8, 4) is 0 Å². The normalized spacial score (nSPS) is 31.7. The van der Waals surface area contributed by atoms with Gasteiger partial charge in [0.2, 0.25) is 0 Å². The second-order valence-electron chi connectivity index (χ2n) is 7.16. The van der Waals surface area contributed by atoms with Gasteiger partial charge in [0.25, 0.3) is 0 Å². The highest BCUT2D eigenvalue weighted by Crippen LogP contribution is 2.40. The average molecular weight is 266 g/mol. The lowest BCUT2D eigenvalue weighted by molar-refractivity contribution is 0.0483. The van der Waals surface area contributed by atoms with E-state index < -0.39 is 0 Å². The van der Waals surface area contributed by atoms with Crippen molar-refractivity contribution in [2.45, 2.75) is 69.9 Å². The Morgan fingerprint density at radius 1 is 1.05 bits per heavy atom. The number of aliphatic hydroxyl groups excluding tert-OH is 1. The van der Waals surface area contributed by atoms with Gasteiger partial charge in [-0.3, -0.25) is 4.90 Å². The minimum Gasteiger partial charge on any atom is -0.395 e. The van der Waals surface area contributed by atoms with Gasteiger partial charge in [-0.15, -0.1) is 0 Å². The fraction of sp³-hybridized carbons (Fsp3) is 1.00. The molecular formula is C16H30N2O. The maximum Gasteiger partial charge on any atom is 0.0586 e. The first-order valence-corrected chi connectivity index (χ1v) is 8.40. The maximum absolute atomic E-state index is 9.59. The molecule has 1 unspecified atom stereocenters. The molecule has 2 N–H and O–H groups in total. The van der Waals surface area contributed by atoms with Crippen LogP contribution in [0.15, 0.2) is 0 Å². The van der Waals surface area contributed by atoms with Crippen LogP contribution < -0.4 is 5.32 Å². The Morgan fingerprint density at radius 2 is 1.84 bits per heavy atom. The van der Waals surface area contributed by atoms with Crippen molar-refractivity contribution in [2.75, 3.05) is 26.2 Å². The van der Waals surface area contributed by atoms with Crippen LogP contribution in [0.25, 0.3) is 0 Å². The van der Waals surface area contributed by atoms with Gasteiger partial charge in [0.15, 0.2) is 0 Å². The van der Waals surface area contributed by atoms with Crippen LogP contribution in [0.4, 0.5) is 0 Å². The molecule has 3 aliphatic rings. The summed E-state index contributed by atoms with van der Waals surface area (Å²) in [6.07, 6.45) is 12.2. The van der Waals surface area contributed by atoms with E-state index in [-0.39, 0.29) is 0 Å². The molecule has 0 radical (unpaired) electrons. The standard InChI is InChI=1S/C16H30N2O/c19-11-15-5-1-4-10-18(15)13-16(8-2-3-9-16)12-17-14-6-7-14/h14-15,17,19H,1-13H2. The molecule has 0 spiro atoms. The molecule has 1 heterocycles. The Labute approximate surface area is 117 Å². The van der Waals surface area contributed by atoms with Crippen molar-refractivity contribution in [2.24, 2.45) is 5.41 Å². The third-order valence-electron chi connectivity index (χ3n) is 5.51. The molecule has 2 aliphatic carbocycles. The molecule has 0 amide bonds. The molecule has 3 heteroatoms. The van der Waals surface area contributed by atoms with E-state index in [1.165, 1.54) is 77.4 Å². The van der Waals surface area contributed by atoms with E-state index >= 15 is 0 Å². The molecule has 0 aromatic heterocycles. The maximum atomic E-state index is 9.59. The van der Waals surface area contributed by atoms with E-state index in [4.69, 9.17) is 0 Å². The number of aliphatic hydroxyl groups is 1. The van der Waals surface area contributed by atoms with Crippen molar-refractivity contribution in [1.29, 1.82) is 0 Å². The third kappa shape index (κ3) is 3.50. The fourth-order valence-corrected chi connectivity index (χ4v) is 4.07. The Kier molecular flexibility index (Phi) is 4.45. The molecule has 0 aromatic carbocycles. The minimum absolute atomic E-state index is 0.353. The van der Waals surface area contributed by atoms with E-state index in [9.17, 15) is 5.11 Å². The number of nitrogens with zero attached hydrogens (tertiary/aromatic N) is 1. The molecule has 3 nitrogen and oxygen atoms in total. The monoisotopic (exact) mass is 266 g/mol. The quantitative estimate of drug-likeness (QED) is 0.773. The summed E-state index contributed by atoms with van der Waals surface area (Å²) in [6.45, 7) is 3.99. The largest absolute Gasteiger partial charge is 0.395 e. The Morgan fingerprint density at radius 3 is 2.53 bits per heavy atom. The van der Waals surface area contributed by atoms with Crippen molar-refractivity contribution >= 4 is 0 Å². The number of hydrogen-bond acceptors (Lipinski definition) is 3. The van der Waals surface area contributed by atoms with Crippen LogP contribution in [0.5, 0.6) is 0 Å². The lowest BCUT2D eigenvalue weighted by Crippen LogP contribution is -2.49. The molecular weight excluding hydrogens is 236 g/mol. The Balaban J connectivity index is 1.58. The lowest BCUT2D eigenvalue weighted by Gasteiger charge is -2.41. The third-order valence-corrected chi connectivity index (χ3v) is 5.51. The summed E-state index contributed by atoms with van der Waals surface area (Å²) < 4.78 is 0. The summed E-state index contributed by atoms with van der Waals surface area (Å²) >= 11 is 0. The highest BCUT2D eigenvalue weighted by molar-refractivity contribution is 4.94. The number of rotatable bonds is 6. The number of nitrogens with one attached hydrogen (secondary N) is 1.